The number of nitrogens with one attached hydrogen (secondary N) is 7. The van der Waals surface area contributed by atoms with Crippen molar-refractivity contribution in [3.63, 3.8) is 0 Å². The molecule has 29 nitrogen and oxygen atoms in total. The van der Waals surface area contributed by atoms with Gasteiger partial charge in [-0.1, -0.05) is 84.9 Å². The Bertz CT molecular complexity index is 3750. The number of amides is 7. The SMILES string of the molecule is CC[C@@]1(O)C(=O)OCc2c1cc1n(c2=O)Cc2c-1nc1ccccc1c2/C=N/OCCNC(=O)CCC(=O)NCc1ccc(CC2NC(=O)C(CCCN=C(N)N)NC(=O)CNC(=O)C(CC(=O)O)NC(=O)C(Cc3ccccc3)NC2=O)cc1.O=C(O)C(F)(F)F. The number of carboxylic acids is 2. The molecule has 5 aromatic rings. The number of halogens is 3. The number of hydrogen-bond acceptors (Lipinski definition) is 17. The van der Waals surface area contributed by atoms with E-state index in [9.17, 15) is 71.3 Å². The molecule has 32 heteroatoms. The number of nitrogens with zero attached hydrogens (tertiary/aromatic N) is 4. The second-order valence-corrected chi connectivity index (χ2v) is 21.2. The summed E-state index contributed by atoms with van der Waals surface area (Å²) in [7, 11) is 0. The largest absolute Gasteiger partial charge is 0.490 e. The number of aliphatic imine (C=N–C) groups is 1. The molecule has 7 amide bonds. The molecule has 2 aromatic heterocycles. The van der Waals surface area contributed by atoms with Gasteiger partial charge in [-0.2, -0.15) is 13.2 Å². The molecular formula is C60H66F3N13O16. The Labute approximate surface area is 520 Å². The number of guanidine groups is 1. The number of cyclic esters (lactones) is 1. The van der Waals surface area contributed by atoms with E-state index in [1.807, 2.05) is 24.3 Å². The molecule has 0 bridgehead atoms. The van der Waals surface area contributed by atoms with Gasteiger partial charge in [0.05, 0.1) is 54.7 Å². The third-order valence-electron chi connectivity index (χ3n) is 14.8. The lowest BCUT2D eigenvalue weighted by Gasteiger charge is -2.31. The van der Waals surface area contributed by atoms with Crippen molar-refractivity contribution in [2.24, 2.45) is 21.6 Å². The van der Waals surface area contributed by atoms with E-state index in [4.69, 9.17) is 35.9 Å². The maximum absolute atomic E-state index is 14.3. The van der Waals surface area contributed by atoms with E-state index in [2.05, 4.69) is 47.4 Å². The Morgan fingerprint density at radius 3 is 2.02 bits per heavy atom. The van der Waals surface area contributed by atoms with Gasteiger partial charge in [0.25, 0.3) is 5.56 Å². The van der Waals surface area contributed by atoms with Crippen molar-refractivity contribution in [2.45, 2.75) is 114 Å². The number of esters is 1. The Morgan fingerprint density at radius 1 is 0.793 bits per heavy atom. The number of pyridine rings is 2. The number of para-hydroxylation sites is 1. The smallest absolute Gasteiger partial charge is 0.481 e. The van der Waals surface area contributed by atoms with E-state index >= 15 is 0 Å². The van der Waals surface area contributed by atoms with Crippen molar-refractivity contribution in [1.29, 1.82) is 0 Å². The van der Waals surface area contributed by atoms with Gasteiger partial charge in [0.1, 0.15) is 37.4 Å². The van der Waals surface area contributed by atoms with Gasteiger partial charge in [0.15, 0.2) is 11.6 Å². The predicted molar refractivity (Wildman–Crippen MR) is 319 cm³/mol. The molecule has 0 saturated carbocycles. The van der Waals surface area contributed by atoms with Crippen LogP contribution in [0.2, 0.25) is 0 Å². The van der Waals surface area contributed by atoms with E-state index in [-0.39, 0.29) is 101 Å². The number of aromatic nitrogens is 2. The van der Waals surface area contributed by atoms with Gasteiger partial charge in [-0.25, -0.2) is 14.6 Å². The van der Waals surface area contributed by atoms with Crippen LogP contribution in [0.1, 0.15) is 84.4 Å². The maximum Gasteiger partial charge on any atom is 0.490 e. The number of aliphatic carboxylic acids is 2. The van der Waals surface area contributed by atoms with Crippen molar-refractivity contribution in [1.82, 2.24) is 46.8 Å². The lowest BCUT2D eigenvalue weighted by atomic mass is 9.86. The molecule has 3 aliphatic rings. The first-order valence-corrected chi connectivity index (χ1v) is 28.7. The summed E-state index contributed by atoms with van der Waals surface area (Å²) in [5.41, 5.74) is 13.6. The number of hydrogen-bond donors (Lipinski definition) is 12. The van der Waals surface area contributed by atoms with Crippen molar-refractivity contribution in [2.75, 3.05) is 26.2 Å². The van der Waals surface area contributed by atoms with Gasteiger partial charge in [0, 0.05) is 60.8 Å². The average Bonchev–Trinajstić information content (AvgIpc) is 1.51. The zero-order valence-corrected chi connectivity index (χ0v) is 49.3. The van der Waals surface area contributed by atoms with E-state index in [1.54, 1.807) is 67.6 Å². The van der Waals surface area contributed by atoms with Crippen LogP contribution >= 0.6 is 0 Å². The van der Waals surface area contributed by atoms with Crippen molar-refractivity contribution in [3.8, 4) is 11.4 Å². The summed E-state index contributed by atoms with van der Waals surface area (Å²) < 4.78 is 38.5. The number of ether oxygens (including phenoxy) is 1. The van der Waals surface area contributed by atoms with Crippen LogP contribution in [0.4, 0.5) is 13.2 Å². The highest BCUT2D eigenvalue weighted by Gasteiger charge is 2.46. The van der Waals surface area contributed by atoms with Gasteiger partial charge >= 0.3 is 24.1 Å². The van der Waals surface area contributed by atoms with E-state index in [0.717, 1.165) is 5.39 Å². The number of carbonyl (C=O) groups is 10. The zero-order chi connectivity index (χ0) is 66.9. The van der Waals surface area contributed by atoms with Crippen LogP contribution in [-0.2, 0) is 95.7 Å². The highest BCUT2D eigenvalue weighted by Crippen LogP contribution is 2.40. The van der Waals surface area contributed by atoms with Crippen molar-refractivity contribution in [3.05, 3.63) is 134 Å². The lowest BCUT2D eigenvalue weighted by Crippen LogP contribution is -2.58. The molecule has 1 fully saturated rings. The van der Waals surface area contributed by atoms with Crippen LogP contribution in [0.5, 0.6) is 0 Å². The van der Waals surface area contributed by atoms with Crippen LogP contribution in [-0.4, -0.2) is 153 Å². The van der Waals surface area contributed by atoms with E-state index < -0.39 is 114 Å². The number of carbonyl (C=O) groups excluding carboxylic acids is 8. The molecule has 5 heterocycles. The molecule has 0 spiro atoms. The topological polar surface area (TPSA) is 446 Å². The normalized spacial score (nSPS) is 19.1. The molecule has 8 rings (SSSR count). The number of rotatable bonds is 21. The fraction of sp³-hybridized carbons (Fsp3) is 0.367. The Kier molecular flexibility index (Phi) is 23.2. The third kappa shape index (κ3) is 18.2. The number of aliphatic hydroxyl groups is 1. The average molecular weight is 1280 g/mol. The number of carboxylic acid groups (broad SMARTS) is 2. The molecule has 92 heavy (non-hydrogen) atoms. The maximum atomic E-state index is 14.3. The standard InChI is InChI=1S/C58H65N13O14.C2HF3O2/c1-2-58(83)39-25-45-50-37(30-71(45)55(81)38(39)31-84-56(58)82)36(35-11-6-7-12-40(35)67-50)28-65-85-22-21-61-46(72)18-19-47(73)63-27-34-16-14-33(15-17-34)24-43-53(79)69-42(23-32-9-4-3-5-10-32)54(80)70-44(26-49(75)76)51(77)64-29-48(74)66-41(52(78)68-43)13-8-20-62-57(59)60;3-2(4,5)1(6)7/h3-7,9-12,14-17,25,28,41-44,83H,2,8,13,18-24,26-27,29-31H2,1H3,(H,61,72)(H,63,73)(H,64,77)(H,66,74)(H,68,78)(H,69,79)(H,70,80)(H,75,76)(H4,59,60,62);(H,6,7)/b65-28+;/t41?,42?,43?,44?,58-;/m0./s1. The van der Waals surface area contributed by atoms with Gasteiger partial charge in [-0.3, -0.25) is 48.1 Å². The van der Waals surface area contributed by atoms with Crippen molar-refractivity contribution >= 4 is 82.3 Å². The van der Waals surface area contributed by atoms with Crippen LogP contribution in [0.15, 0.2) is 99.9 Å². The van der Waals surface area contributed by atoms with Gasteiger partial charge in [-0.05, 0) is 48.1 Å². The second kappa shape index (κ2) is 31.1. The van der Waals surface area contributed by atoms with Crippen LogP contribution in [0, 0.1) is 0 Å². The number of fused-ring (bicyclic) bond motifs is 5. The molecule has 1 saturated heterocycles. The minimum atomic E-state index is -5.08. The number of nitrogens with two attached hydrogens (primary N) is 2. The molecule has 3 aromatic carbocycles. The zero-order valence-electron chi connectivity index (χ0n) is 49.3. The van der Waals surface area contributed by atoms with Gasteiger partial charge < -0.3 is 78.1 Å². The van der Waals surface area contributed by atoms with E-state index in [1.165, 1.54) is 10.8 Å². The van der Waals surface area contributed by atoms with Crippen LogP contribution in [0.3, 0.4) is 0 Å². The predicted octanol–water partition coefficient (Wildman–Crippen LogP) is -0.341. The minimum Gasteiger partial charge on any atom is -0.481 e. The number of alkyl halides is 3. The highest BCUT2D eigenvalue weighted by atomic mass is 19.4. The monoisotopic (exact) mass is 1280 g/mol. The summed E-state index contributed by atoms with van der Waals surface area (Å²) in [5, 5.41) is 51.0. The summed E-state index contributed by atoms with van der Waals surface area (Å²) >= 11 is 0. The molecule has 14 N–H and O–H groups in total. The molecule has 3 aliphatic heterocycles. The summed E-state index contributed by atoms with van der Waals surface area (Å²) in [4.78, 5) is 156. The summed E-state index contributed by atoms with van der Waals surface area (Å²) in [6, 6.07) is 18.6. The fourth-order valence-electron chi connectivity index (χ4n) is 10.00. The molecule has 0 radical (unpaired) electrons. The summed E-state index contributed by atoms with van der Waals surface area (Å²) in [6.07, 6.45) is -4.73. The third-order valence-corrected chi connectivity index (χ3v) is 14.8. The van der Waals surface area contributed by atoms with Gasteiger partial charge in [0.2, 0.25) is 41.4 Å². The Balaban J connectivity index is 0.00000162. The highest BCUT2D eigenvalue weighted by molar-refractivity contribution is 6.03. The lowest BCUT2D eigenvalue weighted by molar-refractivity contribution is -0.192. The second-order valence-electron chi connectivity index (χ2n) is 21.2. The molecule has 5 atom stereocenters. The first-order valence-electron chi connectivity index (χ1n) is 28.7. The number of oxime groups is 1. The molecule has 0 aliphatic carbocycles. The Hall–Kier alpha value is -10.8. The van der Waals surface area contributed by atoms with E-state index in [0.29, 0.717) is 44.7 Å². The Morgan fingerprint density at radius 2 is 1.39 bits per heavy atom. The first-order chi connectivity index (χ1) is 43.8. The number of benzene rings is 3. The fourth-order valence-corrected chi connectivity index (χ4v) is 10.00. The van der Waals surface area contributed by atoms with Gasteiger partial charge in [-0.15, -0.1) is 0 Å². The van der Waals surface area contributed by atoms with Crippen LogP contribution in [0.25, 0.3) is 22.3 Å². The van der Waals surface area contributed by atoms with Crippen molar-refractivity contribution < 1.29 is 86.0 Å². The molecule has 4 unspecified atom stereocenters. The quantitative estimate of drug-likeness (QED) is 0.0144. The minimum absolute atomic E-state index is 0.00398. The summed E-state index contributed by atoms with van der Waals surface area (Å²) in [5.74, 6) is -10.4. The first kappa shape index (κ1) is 68.7. The summed E-state index contributed by atoms with van der Waals surface area (Å²) in [6.45, 7) is 1.03. The molecule has 488 valence electrons. The molecular weight excluding hydrogens is 1220 g/mol. The van der Waals surface area contributed by atoms with Crippen LogP contribution < -0.4 is 54.2 Å².